The van der Waals surface area contributed by atoms with Crippen LogP contribution in [0, 0.1) is 12.7 Å². The van der Waals surface area contributed by atoms with Gasteiger partial charge in [0.2, 0.25) is 0 Å². The summed E-state index contributed by atoms with van der Waals surface area (Å²) in [7, 11) is 0. The smallest absolute Gasteiger partial charge is 0.308 e. The van der Waals surface area contributed by atoms with Crippen molar-refractivity contribution >= 4 is 16.9 Å². The number of halogens is 1. The highest BCUT2D eigenvalue weighted by Gasteiger charge is 2.16. The van der Waals surface area contributed by atoms with Crippen LogP contribution in [0.3, 0.4) is 0 Å². The number of aliphatic carboxylic acids is 1. The number of aromatic nitrogens is 1. The standard InChI is InChI=1S/C14H14FNO3/c1-3-16-8(2)10(7-13(17)18)14(19)11-6-9(15)4-5-12(11)16/h4-6H,3,7H2,1-2H3,(H,17,18). The number of aryl methyl sites for hydroxylation is 1. The van der Waals surface area contributed by atoms with Crippen molar-refractivity contribution in [2.24, 2.45) is 0 Å². The van der Waals surface area contributed by atoms with E-state index in [1.165, 1.54) is 6.07 Å². The van der Waals surface area contributed by atoms with Gasteiger partial charge in [0.05, 0.1) is 11.9 Å². The van der Waals surface area contributed by atoms with E-state index < -0.39 is 17.2 Å². The van der Waals surface area contributed by atoms with Crippen LogP contribution < -0.4 is 5.43 Å². The van der Waals surface area contributed by atoms with Gasteiger partial charge in [0.15, 0.2) is 5.43 Å². The SMILES string of the molecule is CCn1c(C)c(CC(=O)O)c(=O)c2cc(F)ccc21. The maximum atomic E-state index is 13.3. The van der Waals surface area contributed by atoms with Crippen LogP contribution in [0.5, 0.6) is 0 Å². The van der Waals surface area contributed by atoms with Crippen LogP contribution in [-0.2, 0) is 17.8 Å². The van der Waals surface area contributed by atoms with Crippen molar-refractivity contribution in [2.75, 3.05) is 0 Å². The molecule has 4 nitrogen and oxygen atoms in total. The lowest BCUT2D eigenvalue weighted by molar-refractivity contribution is -0.136. The van der Waals surface area contributed by atoms with Crippen molar-refractivity contribution < 1.29 is 14.3 Å². The van der Waals surface area contributed by atoms with Gasteiger partial charge in [-0.15, -0.1) is 0 Å². The molecule has 0 fully saturated rings. The van der Waals surface area contributed by atoms with E-state index in [1.807, 2.05) is 11.5 Å². The molecule has 1 heterocycles. The summed E-state index contributed by atoms with van der Waals surface area (Å²) >= 11 is 0. The monoisotopic (exact) mass is 263 g/mol. The van der Waals surface area contributed by atoms with Gasteiger partial charge in [0, 0.05) is 23.2 Å². The second-order valence-corrected chi connectivity index (χ2v) is 4.37. The van der Waals surface area contributed by atoms with E-state index in [0.717, 1.165) is 6.07 Å². The molecular weight excluding hydrogens is 249 g/mol. The lowest BCUT2D eigenvalue weighted by Gasteiger charge is -2.16. The molecule has 0 saturated carbocycles. The van der Waals surface area contributed by atoms with Crippen molar-refractivity contribution in [1.29, 1.82) is 0 Å². The number of pyridine rings is 1. The fourth-order valence-electron chi connectivity index (χ4n) is 2.36. The zero-order chi connectivity index (χ0) is 14.2. The van der Waals surface area contributed by atoms with E-state index >= 15 is 0 Å². The molecule has 0 radical (unpaired) electrons. The molecule has 2 rings (SSSR count). The Kier molecular flexibility index (Phi) is 3.38. The number of hydrogen-bond acceptors (Lipinski definition) is 2. The molecule has 1 N–H and O–H groups in total. The predicted molar refractivity (Wildman–Crippen MR) is 69.9 cm³/mol. The summed E-state index contributed by atoms with van der Waals surface area (Å²) < 4.78 is 15.1. The Labute approximate surface area is 109 Å². The molecule has 0 spiro atoms. The number of carboxylic acids is 1. The minimum absolute atomic E-state index is 0.215. The highest BCUT2D eigenvalue weighted by Crippen LogP contribution is 2.17. The molecule has 0 unspecified atom stereocenters. The van der Waals surface area contributed by atoms with Crippen LogP contribution in [0.25, 0.3) is 10.9 Å². The molecule has 0 saturated heterocycles. The zero-order valence-corrected chi connectivity index (χ0v) is 10.7. The third-order valence-corrected chi connectivity index (χ3v) is 3.25. The number of nitrogens with zero attached hydrogens (tertiary/aromatic N) is 1. The fraction of sp³-hybridized carbons (Fsp3) is 0.286. The minimum atomic E-state index is -1.07. The number of hydrogen-bond donors (Lipinski definition) is 1. The number of carbonyl (C=O) groups is 1. The first-order valence-corrected chi connectivity index (χ1v) is 5.99. The van der Waals surface area contributed by atoms with Gasteiger partial charge in [-0.1, -0.05) is 0 Å². The Morgan fingerprint density at radius 2 is 2.11 bits per heavy atom. The summed E-state index contributed by atoms with van der Waals surface area (Å²) in [6.45, 7) is 4.19. The van der Waals surface area contributed by atoms with Gasteiger partial charge >= 0.3 is 5.97 Å². The summed E-state index contributed by atoms with van der Waals surface area (Å²) in [6, 6.07) is 4.01. The Balaban J connectivity index is 2.90. The number of rotatable bonds is 3. The van der Waals surface area contributed by atoms with Gasteiger partial charge in [0.25, 0.3) is 0 Å². The molecule has 0 atom stereocenters. The van der Waals surface area contributed by atoms with Crippen molar-refractivity contribution in [1.82, 2.24) is 4.57 Å². The second-order valence-electron chi connectivity index (χ2n) is 4.37. The Morgan fingerprint density at radius 1 is 1.42 bits per heavy atom. The predicted octanol–water partition coefficient (Wildman–Crippen LogP) is 2.10. The summed E-state index contributed by atoms with van der Waals surface area (Å²) in [5.41, 5.74) is 1.06. The van der Waals surface area contributed by atoms with Crippen LogP contribution in [-0.4, -0.2) is 15.6 Å². The van der Waals surface area contributed by atoms with Crippen molar-refractivity contribution in [3.63, 3.8) is 0 Å². The molecule has 5 heteroatoms. The Hall–Kier alpha value is -2.17. The highest BCUT2D eigenvalue weighted by molar-refractivity contribution is 5.82. The third kappa shape index (κ3) is 2.23. The largest absolute Gasteiger partial charge is 0.481 e. The second kappa shape index (κ2) is 4.84. The van der Waals surface area contributed by atoms with Crippen molar-refractivity contribution in [3.05, 3.63) is 45.5 Å². The van der Waals surface area contributed by atoms with Gasteiger partial charge in [-0.05, 0) is 32.0 Å². The van der Waals surface area contributed by atoms with Crippen LogP contribution >= 0.6 is 0 Å². The van der Waals surface area contributed by atoms with Crippen LogP contribution in [0.2, 0.25) is 0 Å². The summed E-state index contributed by atoms with van der Waals surface area (Å²) in [5, 5.41) is 9.11. The summed E-state index contributed by atoms with van der Waals surface area (Å²) in [4.78, 5) is 23.1. The van der Waals surface area contributed by atoms with Gasteiger partial charge in [-0.3, -0.25) is 9.59 Å². The number of benzene rings is 1. The van der Waals surface area contributed by atoms with Gasteiger partial charge in [-0.25, -0.2) is 4.39 Å². The van der Waals surface area contributed by atoms with Gasteiger partial charge in [0.1, 0.15) is 5.82 Å². The van der Waals surface area contributed by atoms with Crippen LogP contribution in [0.15, 0.2) is 23.0 Å². The van der Waals surface area contributed by atoms with E-state index in [2.05, 4.69) is 0 Å². The molecule has 0 amide bonds. The molecular formula is C14H14FNO3. The van der Waals surface area contributed by atoms with E-state index in [1.54, 1.807) is 13.0 Å². The minimum Gasteiger partial charge on any atom is -0.481 e. The van der Waals surface area contributed by atoms with Gasteiger partial charge < -0.3 is 9.67 Å². The van der Waals surface area contributed by atoms with E-state index in [-0.39, 0.29) is 17.4 Å². The van der Waals surface area contributed by atoms with Crippen molar-refractivity contribution in [2.45, 2.75) is 26.8 Å². The van der Waals surface area contributed by atoms with E-state index in [9.17, 15) is 14.0 Å². The molecule has 2 aromatic rings. The quantitative estimate of drug-likeness (QED) is 0.922. The number of carboxylic acid groups (broad SMARTS) is 1. The lowest BCUT2D eigenvalue weighted by atomic mass is 10.0. The van der Waals surface area contributed by atoms with Gasteiger partial charge in [-0.2, -0.15) is 0 Å². The molecule has 0 aliphatic heterocycles. The fourth-order valence-corrected chi connectivity index (χ4v) is 2.36. The van der Waals surface area contributed by atoms with Crippen LogP contribution in [0.4, 0.5) is 4.39 Å². The first-order chi connectivity index (χ1) is 8.95. The zero-order valence-electron chi connectivity index (χ0n) is 10.7. The topological polar surface area (TPSA) is 59.3 Å². The maximum Gasteiger partial charge on any atom is 0.308 e. The molecule has 0 bridgehead atoms. The molecule has 0 aliphatic carbocycles. The molecule has 19 heavy (non-hydrogen) atoms. The normalized spacial score (nSPS) is 10.9. The molecule has 100 valence electrons. The average molecular weight is 263 g/mol. The molecule has 1 aromatic carbocycles. The molecule has 1 aromatic heterocycles. The average Bonchev–Trinajstić information content (AvgIpc) is 2.36. The maximum absolute atomic E-state index is 13.3. The van der Waals surface area contributed by atoms with E-state index in [0.29, 0.717) is 17.8 Å². The number of fused-ring (bicyclic) bond motifs is 1. The van der Waals surface area contributed by atoms with Crippen molar-refractivity contribution in [3.8, 4) is 0 Å². The first kappa shape index (κ1) is 13.3. The molecule has 0 aliphatic rings. The lowest BCUT2D eigenvalue weighted by Crippen LogP contribution is -2.21. The Morgan fingerprint density at radius 3 is 2.68 bits per heavy atom. The first-order valence-electron chi connectivity index (χ1n) is 5.99. The summed E-state index contributed by atoms with van der Waals surface area (Å²) in [5.74, 6) is -1.57. The Bertz CT molecular complexity index is 719. The highest BCUT2D eigenvalue weighted by atomic mass is 19.1. The van der Waals surface area contributed by atoms with E-state index in [4.69, 9.17) is 5.11 Å². The van der Waals surface area contributed by atoms with Crippen LogP contribution in [0.1, 0.15) is 18.2 Å². The summed E-state index contributed by atoms with van der Waals surface area (Å²) in [6.07, 6.45) is -0.350. The third-order valence-electron chi connectivity index (χ3n) is 3.25.